The Morgan fingerprint density at radius 1 is 1.62 bits per heavy atom. The maximum Gasteiger partial charge on any atom is 0.351 e. The van der Waals surface area contributed by atoms with Crippen LogP contribution in [0, 0.1) is 5.82 Å². The second-order valence-corrected chi connectivity index (χ2v) is 3.45. The van der Waals surface area contributed by atoms with Gasteiger partial charge in [-0.3, -0.25) is 4.57 Å². The van der Waals surface area contributed by atoms with Crippen LogP contribution in [0.15, 0.2) is 11.0 Å². The summed E-state index contributed by atoms with van der Waals surface area (Å²) in [6, 6.07) is 0. The van der Waals surface area contributed by atoms with Crippen LogP contribution in [0.3, 0.4) is 0 Å². The number of nitrogen functional groups attached to an aromatic ring is 1. The Bertz CT molecular complexity index is 463. The highest BCUT2D eigenvalue weighted by atomic mass is 19.1. The average molecular weight is 231 g/mol. The smallest absolute Gasteiger partial charge is 0.351 e. The quantitative estimate of drug-likeness (QED) is 0.526. The summed E-state index contributed by atoms with van der Waals surface area (Å²) in [5.41, 5.74) is 4.25. The molecule has 0 spiro atoms. The maximum atomic E-state index is 13.1. The van der Waals surface area contributed by atoms with Gasteiger partial charge in [-0.1, -0.05) is 0 Å². The lowest BCUT2D eigenvalue weighted by molar-refractivity contribution is -0.0216. The van der Waals surface area contributed by atoms with E-state index in [2.05, 4.69) is 4.98 Å². The van der Waals surface area contributed by atoms with E-state index < -0.39 is 35.8 Å². The third kappa shape index (κ3) is 1.66. The van der Waals surface area contributed by atoms with Gasteiger partial charge in [-0.2, -0.15) is 4.98 Å². The number of ether oxygens (including phenoxy) is 1. The summed E-state index contributed by atoms with van der Waals surface area (Å²) in [5, 5.41) is 18.7. The summed E-state index contributed by atoms with van der Waals surface area (Å²) in [4.78, 5) is 14.6. The predicted octanol–water partition coefficient (Wildman–Crippen LogP) is -1.78. The first-order chi connectivity index (χ1) is 7.50. The Labute approximate surface area is 88.9 Å². The third-order valence-electron chi connectivity index (χ3n) is 2.33. The zero-order valence-electron chi connectivity index (χ0n) is 8.08. The lowest BCUT2D eigenvalue weighted by Crippen LogP contribution is -2.35. The fourth-order valence-corrected chi connectivity index (χ4v) is 1.47. The number of rotatable bonds is 1. The summed E-state index contributed by atoms with van der Waals surface area (Å²) in [5.74, 6) is -1.41. The molecule has 0 radical (unpaired) electrons. The maximum absolute atomic E-state index is 13.1. The summed E-state index contributed by atoms with van der Waals surface area (Å²) in [6.07, 6.45) is -2.78. The second kappa shape index (κ2) is 3.81. The van der Waals surface area contributed by atoms with Gasteiger partial charge in [0.15, 0.2) is 17.9 Å². The van der Waals surface area contributed by atoms with E-state index in [1.165, 1.54) is 0 Å². The normalized spacial score (nSPS) is 29.6. The van der Waals surface area contributed by atoms with Gasteiger partial charge in [-0.05, 0) is 0 Å². The van der Waals surface area contributed by atoms with E-state index in [0.717, 1.165) is 10.8 Å². The number of nitrogens with zero attached hydrogens (tertiary/aromatic N) is 2. The molecule has 1 aliphatic rings. The van der Waals surface area contributed by atoms with Crippen molar-refractivity contribution in [3.05, 3.63) is 22.5 Å². The van der Waals surface area contributed by atoms with Gasteiger partial charge in [-0.15, -0.1) is 0 Å². The van der Waals surface area contributed by atoms with Crippen LogP contribution in [0.4, 0.5) is 10.2 Å². The predicted molar refractivity (Wildman–Crippen MR) is 49.9 cm³/mol. The van der Waals surface area contributed by atoms with Crippen LogP contribution in [0.1, 0.15) is 6.23 Å². The molecule has 3 unspecified atom stereocenters. The number of aliphatic hydroxyl groups is 2. The number of hydrogen-bond acceptors (Lipinski definition) is 6. The van der Waals surface area contributed by atoms with E-state index in [1.54, 1.807) is 0 Å². The molecule has 0 saturated carbocycles. The van der Waals surface area contributed by atoms with Crippen molar-refractivity contribution in [3.8, 4) is 0 Å². The van der Waals surface area contributed by atoms with Crippen LogP contribution >= 0.6 is 0 Å². The lowest BCUT2D eigenvalue weighted by Gasteiger charge is -2.17. The molecule has 1 fully saturated rings. The molecule has 0 amide bonds. The monoisotopic (exact) mass is 231 g/mol. The van der Waals surface area contributed by atoms with Crippen LogP contribution in [-0.2, 0) is 4.74 Å². The van der Waals surface area contributed by atoms with E-state index >= 15 is 0 Å². The van der Waals surface area contributed by atoms with Crippen LogP contribution < -0.4 is 11.4 Å². The minimum atomic E-state index is -1.30. The third-order valence-corrected chi connectivity index (χ3v) is 2.33. The van der Waals surface area contributed by atoms with Gasteiger partial charge in [0.05, 0.1) is 12.8 Å². The SMILES string of the molecule is Nc1nc(=O)n(C2OCC(O)C2O)cc1F. The fraction of sp³-hybridized carbons (Fsp3) is 0.500. The van der Waals surface area contributed by atoms with E-state index in [-0.39, 0.29) is 6.61 Å². The zero-order chi connectivity index (χ0) is 11.9. The van der Waals surface area contributed by atoms with E-state index in [0.29, 0.717) is 0 Å². The highest BCUT2D eigenvalue weighted by molar-refractivity contribution is 5.26. The summed E-state index contributed by atoms with van der Waals surface area (Å²) >= 11 is 0. The van der Waals surface area contributed by atoms with Crippen LogP contribution in [0.5, 0.6) is 0 Å². The summed E-state index contributed by atoms with van der Waals surface area (Å²) < 4.78 is 18.8. The van der Waals surface area contributed by atoms with Crippen molar-refractivity contribution in [2.75, 3.05) is 12.3 Å². The molecule has 7 nitrogen and oxygen atoms in total. The van der Waals surface area contributed by atoms with Crippen molar-refractivity contribution in [2.24, 2.45) is 0 Å². The molecule has 2 heterocycles. The molecule has 0 aliphatic carbocycles. The number of halogens is 1. The van der Waals surface area contributed by atoms with Crippen LogP contribution in [0.2, 0.25) is 0 Å². The average Bonchev–Trinajstić information content (AvgIpc) is 2.54. The number of hydrogen-bond donors (Lipinski definition) is 3. The highest BCUT2D eigenvalue weighted by Gasteiger charge is 2.36. The molecule has 0 bridgehead atoms. The largest absolute Gasteiger partial charge is 0.388 e. The summed E-state index contributed by atoms with van der Waals surface area (Å²) in [6.45, 7) is -0.135. The highest BCUT2D eigenvalue weighted by Crippen LogP contribution is 2.22. The molecular formula is C8H10FN3O4. The number of anilines is 1. The Balaban J connectivity index is 2.42. The van der Waals surface area contributed by atoms with Crippen LogP contribution in [-0.4, -0.2) is 38.6 Å². The van der Waals surface area contributed by atoms with Crippen molar-refractivity contribution >= 4 is 5.82 Å². The molecule has 1 saturated heterocycles. The van der Waals surface area contributed by atoms with Crippen molar-refractivity contribution < 1.29 is 19.3 Å². The lowest BCUT2D eigenvalue weighted by atomic mass is 10.2. The molecule has 88 valence electrons. The van der Waals surface area contributed by atoms with Crippen LogP contribution in [0.25, 0.3) is 0 Å². The molecule has 8 heteroatoms. The van der Waals surface area contributed by atoms with Gasteiger partial charge in [0.25, 0.3) is 0 Å². The van der Waals surface area contributed by atoms with E-state index in [1.807, 2.05) is 0 Å². The topological polar surface area (TPSA) is 111 Å². The van der Waals surface area contributed by atoms with Gasteiger partial charge in [0, 0.05) is 0 Å². The van der Waals surface area contributed by atoms with Gasteiger partial charge in [0.1, 0.15) is 12.2 Å². The first kappa shape index (κ1) is 11.0. The number of nitrogens with two attached hydrogens (primary N) is 1. The molecular weight excluding hydrogens is 221 g/mol. The molecule has 0 aromatic carbocycles. The summed E-state index contributed by atoms with van der Waals surface area (Å²) in [7, 11) is 0. The van der Waals surface area contributed by atoms with Gasteiger partial charge >= 0.3 is 5.69 Å². The van der Waals surface area contributed by atoms with Gasteiger partial charge in [-0.25, -0.2) is 9.18 Å². The molecule has 1 aliphatic heterocycles. The molecule has 16 heavy (non-hydrogen) atoms. The van der Waals surface area contributed by atoms with Gasteiger partial charge < -0.3 is 20.7 Å². The molecule has 4 N–H and O–H groups in total. The van der Waals surface area contributed by atoms with Crippen molar-refractivity contribution in [2.45, 2.75) is 18.4 Å². The molecule has 3 atom stereocenters. The Hall–Kier alpha value is -1.51. The number of aliphatic hydroxyl groups excluding tert-OH is 2. The van der Waals surface area contributed by atoms with Crippen molar-refractivity contribution in [1.29, 1.82) is 0 Å². The standard InChI is InChI=1S/C8H10FN3O4/c9-3-1-12(8(15)11-6(3)10)7-5(14)4(13)2-16-7/h1,4-5,7,13-14H,2H2,(H2,10,11,15). The second-order valence-electron chi connectivity index (χ2n) is 3.45. The zero-order valence-corrected chi connectivity index (χ0v) is 8.08. The van der Waals surface area contributed by atoms with E-state index in [4.69, 9.17) is 10.5 Å². The molecule has 1 aromatic heterocycles. The minimum Gasteiger partial charge on any atom is -0.388 e. The number of aromatic nitrogens is 2. The Kier molecular flexibility index (Phi) is 2.62. The Morgan fingerprint density at radius 2 is 2.31 bits per heavy atom. The first-order valence-corrected chi connectivity index (χ1v) is 4.52. The fourth-order valence-electron chi connectivity index (χ4n) is 1.47. The van der Waals surface area contributed by atoms with E-state index in [9.17, 15) is 19.4 Å². The minimum absolute atomic E-state index is 0.135. The molecule has 1 aromatic rings. The van der Waals surface area contributed by atoms with Gasteiger partial charge in [0.2, 0.25) is 0 Å². The Morgan fingerprint density at radius 3 is 2.88 bits per heavy atom. The first-order valence-electron chi connectivity index (χ1n) is 4.52. The van der Waals surface area contributed by atoms with Crippen molar-refractivity contribution in [3.63, 3.8) is 0 Å². The molecule has 2 rings (SSSR count). The van der Waals surface area contributed by atoms with Crippen molar-refractivity contribution in [1.82, 2.24) is 9.55 Å².